The lowest BCUT2D eigenvalue weighted by Gasteiger charge is -2.03. The first-order chi connectivity index (χ1) is 7.25. The number of benzene rings is 1. The topological polar surface area (TPSA) is 52.3 Å². The zero-order valence-corrected chi connectivity index (χ0v) is 8.40. The number of hydrogen-bond acceptors (Lipinski definition) is 3. The van der Waals surface area contributed by atoms with E-state index in [1.165, 1.54) is 5.57 Å². The molecule has 15 heavy (non-hydrogen) atoms. The molecule has 1 aromatic rings. The maximum absolute atomic E-state index is 11.5. The van der Waals surface area contributed by atoms with E-state index in [1.54, 1.807) is 24.3 Å². The maximum Gasteiger partial charge on any atom is 0.338 e. The first-order valence-electron chi connectivity index (χ1n) is 4.96. The Kier molecular flexibility index (Phi) is 2.72. The van der Waals surface area contributed by atoms with E-state index in [9.17, 15) is 4.79 Å². The van der Waals surface area contributed by atoms with E-state index < -0.39 is 0 Å². The summed E-state index contributed by atoms with van der Waals surface area (Å²) in [6.45, 7) is 0.458. The molecule has 2 rings (SSSR count). The summed E-state index contributed by atoms with van der Waals surface area (Å²) in [4.78, 5) is 11.5. The van der Waals surface area contributed by atoms with Crippen LogP contribution >= 0.6 is 0 Å². The average molecular weight is 203 g/mol. The van der Waals surface area contributed by atoms with Crippen LogP contribution in [0.1, 0.15) is 23.2 Å². The molecule has 0 aromatic heterocycles. The lowest BCUT2D eigenvalue weighted by molar-refractivity contribution is 0.0510. The molecule has 3 heteroatoms. The van der Waals surface area contributed by atoms with Crippen molar-refractivity contribution in [2.24, 2.45) is 0 Å². The van der Waals surface area contributed by atoms with Crippen LogP contribution in [0.25, 0.3) is 0 Å². The lowest BCUT2D eigenvalue weighted by atomic mass is 10.2. The summed E-state index contributed by atoms with van der Waals surface area (Å²) < 4.78 is 5.10. The predicted molar refractivity (Wildman–Crippen MR) is 58.5 cm³/mol. The Balaban J connectivity index is 1.86. The summed E-state index contributed by atoms with van der Waals surface area (Å²) in [7, 11) is 0. The van der Waals surface area contributed by atoms with Crippen molar-refractivity contribution >= 4 is 11.7 Å². The molecule has 1 aliphatic rings. The molecule has 0 spiro atoms. The first kappa shape index (κ1) is 9.77. The molecule has 0 saturated carbocycles. The van der Waals surface area contributed by atoms with Gasteiger partial charge < -0.3 is 10.5 Å². The van der Waals surface area contributed by atoms with Crippen molar-refractivity contribution in [1.29, 1.82) is 0 Å². The zero-order chi connectivity index (χ0) is 10.7. The Morgan fingerprint density at radius 3 is 2.93 bits per heavy atom. The number of rotatable bonds is 4. The first-order valence-corrected chi connectivity index (χ1v) is 4.96. The van der Waals surface area contributed by atoms with E-state index in [-0.39, 0.29) is 5.97 Å². The number of ether oxygens (including phenoxy) is 1. The van der Waals surface area contributed by atoms with Crippen molar-refractivity contribution in [3.63, 3.8) is 0 Å². The van der Waals surface area contributed by atoms with Gasteiger partial charge >= 0.3 is 5.97 Å². The van der Waals surface area contributed by atoms with Gasteiger partial charge in [-0.05, 0) is 24.6 Å². The van der Waals surface area contributed by atoms with Gasteiger partial charge in [-0.25, -0.2) is 4.79 Å². The molecule has 78 valence electrons. The van der Waals surface area contributed by atoms with Crippen molar-refractivity contribution < 1.29 is 9.53 Å². The highest BCUT2D eigenvalue weighted by atomic mass is 16.5. The minimum Gasteiger partial charge on any atom is -0.462 e. The zero-order valence-electron chi connectivity index (χ0n) is 8.40. The van der Waals surface area contributed by atoms with Gasteiger partial charge in [0.15, 0.2) is 0 Å². The van der Waals surface area contributed by atoms with E-state index in [2.05, 4.69) is 6.08 Å². The van der Waals surface area contributed by atoms with Crippen LogP contribution in [-0.2, 0) is 4.74 Å². The third-order valence-electron chi connectivity index (χ3n) is 2.27. The number of carbonyl (C=O) groups excluding carboxylic acids is 1. The second kappa shape index (κ2) is 4.17. The van der Waals surface area contributed by atoms with E-state index in [4.69, 9.17) is 10.5 Å². The quantitative estimate of drug-likeness (QED) is 0.463. The van der Waals surface area contributed by atoms with Crippen LogP contribution in [0.15, 0.2) is 35.9 Å². The monoisotopic (exact) mass is 203 g/mol. The molecule has 2 N–H and O–H groups in total. The van der Waals surface area contributed by atoms with Crippen molar-refractivity contribution in [1.82, 2.24) is 0 Å². The molecule has 3 nitrogen and oxygen atoms in total. The number of nitrogens with two attached hydrogens (primary N) is 1. The van der Waals surface area contributed by atoms with Gasteiger partial charge in [0.1, 0.15) is 0 Å². The predicted octanol–water partition coefficient (Wildman–Crippen LogP) is 2.15. The third kappa shape index (κ3) is 2.84. The fourth-order valence-corrected chi connectivity index (χ4v) is 1.30. The van der Waals surface area contributed by atoms with Crippen molar-refractivity contribution in [3.8, 4) is 0 Å². The van der Waals surface area contributed by atoms with Gasteiger partial charge in [-0.2, -0.15) is 0 Å². The summed E-state index contributed by atoms with van der Waals surface area (Å²) in [6.07, 6.45) is 4.07. The largest absolute Gasteiger partial charge is 0.462 e. The van der Waals surface area contributed by atoms with Crippen LogP contribution in [0.3, 0.4) is 0 Å². The summed E-state index contributed by atoms with van der Waals surface area (Å²) in [5, 5.41) is 0. The molecule has 0 fully saturated rings. The molecule has 1 aromatic carbocycles. The van der Waals surface area contributed by atoms with Crippen LogP contribution in [0.2, 0.25) is 0 Å². The highest BCUT2D eigenvalue weighted by molar-refractivity contribution is 5.90. The molecule has 0 saturated heterocycles. The Labute approximate surface area is 88.5 Å². The average Bonchev–Trinajstić information content (AvgIpc) is 3.01. The summed E-state index contributed by atoms with van der Waals surface area (Å²) >= 11 is 0. The van der Waals surface area contributed by atoms with E-state index in [0.29, 0.717) is 17.9 Å². The molecular formula is C12H13NO2. The van der Waals surface area contributed by atoms with Gasteiger partial charge in [0.05, 0.1) is 12.2 Å². The number of anilines is 1. The smallest absolute Gasteiger partial charge is 0.338 e. The molecule has 0 radical (unpaired) electrons. The summed E-state index contributed by atoms with van der Waals surface area (Å²) in [6, 6.07) is 6.81. The van der Waals surface area contributed by atoms with Gasteiger partial charge in [0, 0.05) is 12.1 Å². The SMILES string of the molecule is Nc1cccc(C(=O)OCCC2=CC2)c1. The highest BCUT2D eigenvalue weighted by Crippen LogP contribution is 2.21. The summed E-state index contributed by atoms with van der Waals surface area (Å²) in [5.74, 6) is -0.302. The fourth-order valence-electron chi connectivity index (χ4n) is 1.30. The number of nitrogen functional groups attached to an aromatic ring is 1. The highest BCUT2D eigenvalue weighted by Gasteiger charge is 2.10. The lowest BCUT2D eigenvalue weighted by Crippen LogP contribution is -2.06. The second-order valence-electron chi connectivity index (χ2n) is 3.58. The van der Waals surface area contributed by atoms with Gasteiger partial charge in [-0.1, -0.05) is 17.7 Å². The number of allylic oxidation sites excluding steroid dienone is 1. The normalized spacial score (nSPS) is 13.2. The standard InChI is InChI=1S/C12H13NO2/c13-11-3-1-2-10(8-11)12(14)15-7-6-9-4-5-9/h1-4,8H,5-7,13H2. The van der Waals surface area contributed by atoms with Crippen LogP contribution in [0, 0.1) is 0 Å². The minimum atomic E-state index is -0.302. The van der Waals surface area contributed by atoms with Gasteiger partial charge in [0.25, 0.3) is 0 Å². The van der Waals surface area contributed by atoms with Gasteiger partial charge in [-0.15, -0.1) is 0 Å². The molecule has 0 aliphatic heterocycles. The Morgan fingerprint density at radius 1 is 1.47 bits per heavy atom. The van der Waals surface area contributed by atoms with Crippen LogP contribution < -0.4 is 5.73 Å². The van der Waals surface area contributed by atoms with Crippen molar-refractivity contribution in [2.75, 3.05) is 12.3 Å². The van der Waals surface area contributed by atoms with Crippen LogP contribution in [-0.4, -0.2) is 12.6 Å². The molecule has 0 amide bonds. The summed E-state index contributed by atoms with van der Waals surface area (Å²) in [5.41, 5.74) is 8.03. The fraction of sp³-hybridized carbons (Fsp3) is 0.250. The number of carbonyl (C=O) groups is 1. The number of hydrogen-bond donors (Lipinski definition) is 1. The minimum absolute atomic E-state index is 0.302. The Morgan fingerprint density at radius 2 is 2.27 bits per heavy atom. The Bertz CT molecular complexity index is 410. The van der Waals surface area contributed by atoms with Crippen LogP contribution in [0.5, 0.6) is 0 Å². The van der Waals surface area contributed by atoms with Crippen LogP contribution in [0.4, 0.5) is 5.69 Å². The van der Waals surface area contributed by atoms with Crippen molar-refractivity contribution in [2.45, 2.75) is 12.8 Å². The van der Waals surface area contributed by atoms with E-state index in [1.807, 2.05) is 0 Å². The molecule has 1 aliphatic carbocycles. The molecular weight excluding hydrogens is 190 g/mol. The molecule has 0 atom stereocenters. The maximum atomic E-state index is 11.5. The second-order valence-corrected chi connectivity index (χ2v) is 3.58. The molecule has 0 bridgehead atoms. The van der Waals surface area contributed by atoms with E-state index in [0.717, 1.165) is 12.8 Å². The molecule has 0 unspecified atom stereocenters. The number of esters is 1. The van der Waals surface area contributed by atoms with Gasteiger partial charge in [-0.3, -0.25) is 0 Å². The van der Waals surface area contributed by atoms with Crippen molar-refractivity contribution in [3.05, 3.63) is 41.5 Å². The van der Waals surface area contributed by atoms with Gasteiger partial charge in [0.2, 0.25) is 0 Å². The third-order valence-corrected chi connectivity index (χ3v) is 2.27. The Hall–Kier alpha value is -1.77. The molecule has 0 heterocycles. The van der Waals surface area contributed by atoms with E-state index >= 15 is 0 Å².